The maximum atomic E-state index is 12.1. The van der Waals surface area contributed by atoms with Crippen LogP contribution in [0, 0.1) is 0 Å². The molecule has 7 heteroatoms. The summed E-state index contributed by atoms with van der Waals surface area (Å²) in [7, 11) is 3.06. The van der Waals surface area contributed by atoms with Crippen LogP contribution in [0.1, 0.15) is 17.9 Å². The summed E-state index contributed by atoms with van der Waals surface area (Å²) >= 11 is 0. The van der Waals surface area contributed by atoms with Crippen LogP contribution in [0.25, 0.3) is 0 Å². The zero-order chi connectivity index (χ0) is 17.8. The van der Waals surface area contributed by atoms with Crippen molar-refractivity contribution >= 4 is 17.5 Å². The topological polar surface area (TPSA) is 89.5 Å². The number of carbonyl (C=O) groups excluding carboxylic acids is 2. The molecule has 130 valence electrons. The van der Waals surface area contributed by atoms with E-state index in [0.29, 0.717) is 5.69 Å². The van der Waals surface area contributed by atoms with Gasteiger partial charge in [-0.25, -0.2) is 4.98 Å². The van der Waals surface area contributed by atoms with Crippen molar-refractivity contribution in [1.29, 1.82) is 0 Å². The second kappa shape index (κ2) is 7.21. The number of methoxy groups -OCH3 is 2. The minimum atomic E-state index is -0.744. The number of benzene rings is 1. The third-order valence-electron chi connectivity index (χ3n) is 4.07. The maximum absolute atomic E-state index is 12.1. The van der Waals surface area contributed by atoms with Gasteiger partial charge in [-0.2, -0.15) is 0 Å². The molecule has 2 aromatic rings. The summed E-state index contributed by atoms with van der Waals surface area (Å²) in [6, 6.07) is 10.9. The second-order valence-electron chi connectivity index (χ2n) is 5.71. The van der Waals surface area contributed by atoms with Gasteiger partial charge in [0.25, 0.3) is 0 Å². The monoisotopic (exact) mass is 341 g/mol. The number of anilines is 1. The van der Waals surface area contributed by atoms with Crippen molar-refractivity contribution in [3.63, 3.8) is 0 Å². The average Bonchev–Trinajstić information content (AvgIpc) is 3.41. The second-order valence-corrected chi connectivity index (χ2v) is 5.71. The summed E-state index contributed by atoms with van der Waals surface area (Å²) in [5, 5.41) is 5.25. The largest absolute Gasteiger partial charge is 0.497 e. The van der Waals surface area contributed by atoms with Gasteiger partial charge in [-0.05, 0) is 36.2 Å². The van der Waals surface area contributed by atoms with Crippen molar-refractivity contribution in [1.82, 2.24) is 10.3 Å². The first kappa shape index (κ1) is 16.8. The number of amides is 2. The fraction of sp³-hybridized carbons (Fsp3) is 0.278. The summed E-state index contributed by atoms with van der Waals surface area (Å²) in [4.78, 5) is 28.1. The third kappa shape index (κ3) is 3.88. The van der Waals surface area contributed by atoms with E-state index in [1.165, 1.54) is 13.3 Å². The van der Waals surface area contributed by atoms with Gasteiger partial charge in [0.05, 0.1) is 14.2 Å². The van der Waals surface area contributed by atoms with Crippen LogP contribution < -0.4 is 20.1 Å². The molecule has 2 atom stereocenters. The van der Waals surface area contributed by atoms with Gasteiger partial charge < -0.3 is 20.1 Å². The first-order chi connectivity index (χ1) is 12.1. The van der Waals surface area contributed by atoms with E-state index in [9.17, 15) is 9.59 Å². The average molecular weight is 341 g/mol. The Balaban J connectivity index is 1.55. The molecule has 7 nitrogen and oxygen atoms in total. The molecule has 2 N–H and O–H groups in total. The first-order valence-corrected chi connectivity index (χ1v) is 7.87. The lowest BCUT2D eigenvalue weighted by molar-refractivity contribution is -0.136. The number of nitrogens with zero attached hydrogens (tertiary/aromatic N) is 1. The molecule has 2 amide bonds. The highest BCUT2D eigenvalue weighted by Gasteiger charge is 2.40. The number of nitrogens with one attached hydrogen (secondary N) is 2. The Hall–Kier alpha value is -3.09. The van der Waals surface area contributed by atoms with Gasteiger partial charge in [-0.3, -0.25) is 9.59 Å². The number of carbonyl (C=O) groups is 2. The van der Waals surface area contributed by atoms with Gasteiger partial charge >= 0.3 is 11.8 Å². The molecule has 1 aromatic carbocycles. The highest BCUT2D eigenvalue weighted by Crippen LogP contribution is 2.41. The van der Waals surface area contributed by atoms with Gasteiger partial charge in [-0.15, -0.1) is 0 Å². The molecule has 25 heavy (non-hydrogen) atoms. The van der Waals surface area contributed by atoms with Crippen LogP contribution in [0.2, 0.25) is 0 Å². The van der Waals surface area contributed by atoms with Gasteiger partial charge in [0, 0.05) is 18.2 Å². The third-order valence-corrected chi connectivity index (χ3v) is 4.07. The number of hydrogen-bond donors (Lipinski definition) is 2. The molecule has 0 radical (unpaired) electrons. The minimum absolute atomic E-state index is 0.0394. The van der Waals surface area contributed by atoms with Crippen LogP contribution in [0.3, 0.4) is 0 Å². The molecule has 1 aromatic heterocycles. The van der Waals surface area contributed by atoms with E-state index in [0.717, 1.165) is 17.7 Å². The van der Waals surface area contributed by atoms with Crippen LogP contribution in [0.5, 0.6) is 11.6 Å². The summed E-state index contributed by atoms with van der Waals surface area (Å²) in [5.41, 5.74) is 1.47. The summed E-state index contributed by atoms with van der Waals surface area (Å²) in [6.07, 6.45) is 2.35. The van der Waals surface area contributed by atoms with Gasteiger partial charge in [-0.1, -0.05) is 12.1 Å². The predicted octanol–water partition coefficient (Wildman–Crippen LogP) is 1.71. The smallest absolute Gasteiger partial charge is 0.313 e. The number of aromatic nitrogens is 1. The van der Waals surface area contributed by atoms with Gasteiger partial charge in [0.2, 0.25) is 5.88 Å². The van der Waals surface area contributed by atoms with Crippen molar-refractivity contribution in [2.75, 3.05) is 19.5 Å². The van der Waals surface area contributed by atoms with E-state index in [1.807, 2.05) is 24.3 Å². The van der Waals surface area contributed by atoms with E-state index in [1.54, 1.807) is 19.2 Å². The first-order valence-electron chi connectivity index (χ1n) is 7.87. The van der Waals surface area contributed by atoms with Gasteiger partial charge in [0.15, 0.2) is 0 Å². The molecule has 0 spiro atoms. The van der Waals surface area contributed by atoms with E-state index in [2.05, 4.69) is 15.6 Å². The SMILES string of the molecule is COc1ccc([C@H]2C[C@H]2NC(=O)C(=O)Nc2cccnc2OC)cc1. The zero-order valence-corrected chi connectivity index (χ0v) is 14.0. The highest BCUT2D eigenvalue weighted by molar-refractivity contribution is 6.39. The van der Waals surface area contributed by atoms with Crippen LogP contribution >= 0.6 is 0 Å². The van der Waals surface area contributed by atoms with Crippen LogP contribution in [-0.2, 0) is 9.59 Å². The van der Waals surface area contributed by atoms with E-state index >= 15 is 0 Å². The Labute approximate surface area is 145 Å². The van der Waals surface area contributed by atoms with Crippen molar-refractivity contribution in [3.8, 4) is 11.6 Å². The lowest BCUT2D eigenvalue weighted by Gasteiger charge is -2.09. The highest BCUT2D eigenvalue weighted by atomic mass is 16.5. The zero-order valence-electron chi connectivity index (χ0n) is 14.0. The quantitative estimate of drug-likeness (QED) is 0.808. The summed E-state index contributed by atoms with van der Waals surface area (Å²) in [6.45, 7) is 0. The molecule has 0 unspecified atom stereocenters. The number of rotatable bonds is 5. The van der Waals surface area contributed by atoms with Crippen molar-refractivity contribution in [2.45, 2.75) is 18.4 Å². The van der Waals surface area contributed by atoms with Crippen molar-refractivity contribution in [2.24, 2.45) is 0 Å². The minimum Gasteiger partial charge on any atom is -0.497 e. The Morgan fingerprint density at radius 2 is 1.84 bits per heavy atom. The molecule has 1 aliphatic carbocycles. The molecular weight excluding hydrogens is 322 g/mol. The Kier molecular flexibility index (Phi) is 4.83. The molecule has 1 heterocycles. The molecule has 0 bridgehead atoms. The van der Waals surface area contributed by atoms with E-state index < -0.39 is 11.8 Å². The standard InChI is InChI=1S/C18H19N3O4/c1-24-12-7-5-11(6-8-12)13-10-15(13)21-17(23)16(22)20-14-4-3-9-19-18(14)25-2/h3-9,13,15H,10H2,1-2H3,(H,20,22)(H,21,23)/t13-,15-/m1/s1. The number of pyridine rings is 1. The number of hydrogen-bond acceptors (Lipinski definition) is 5. The lowest BCUT2D eigenvalue weighted by atomic mass is 10.1. The van der Waals surface area contributed by atoms with E-state index in [4.69, 9.17) is 9.47 Å². The van der Waals surface area contributed by atoms with Crippen LogP contribution in [0.15, 0.2) is 42.6 Å². The summed E-state index contributed by atoms with van der Waals surface area (Å²) in [5.74, 6) is -0.157. The number of ether oxygens (including phenoxy) is 2. The Morgan fingerprint density at radius 1 is 1.08 bits per heavy atom. The summed E-state index contributed by atoms with van der Waals surface area (Å²) < 4.78 is 10.2. The predicted molar refractivity (Wildman–Crippen MR) is 91.7 cm³/mol. The van der Waals surface area contributed by atoms with Crippen molar-refractivity contribution < 1.29 is 19.1 Å². The fourth-order valence-corrected chi connectivity index (χ4v) is 2.64. The fourth-order valence-electron chi connectivity index (χ4n) is 2.64. The Bertz CT molecular complexity index is 776. The van der Waals surface area contributed by atoms with Gasteiger partial charge in [0.1, 0.15) is 11.4 Å². The molecule has 1 aliphatic rings. The molecule has 0 aliphatic heterocycles. The van der Waals surface area contributed by atoms with Crippen LogP contribution in [0.4, 0.5) is 5.69 Å². The van der Waals surface area contributed by atoms with E-state index in [-0.39, 0.29) is 17.8 Å². The molecule has 3 rings (SSSR count). The molecular formula is C18H19N3O4. The molecule has 1 fully saturated rings. The normalized spacial score (nSPS) is 18.2. The van der Waals surface area contributed by atoms with Crippen LogP contribution in [-0.4, -0.2) is 37.1 Å². The molecule has 0 saturated heterocycles. The Morgan fingerprint density at radius 3 is 2.52 bits per heavy atom. The lowest BCUT2D eigenvalue weighted by Crippen LogP contribution is -2.37. The maximum Gasteiger partial charge on any atom is 0.313 e. The van der Waals surface area contributed by atoms with Crippen molar-refractivity contribution in [3.05, 3.63) is 48.2 Å². The molecule has 1 saturated carbocycles.